The van der Waals surface area contributed by atoms with E-state index in [1.807, 2.05) is 13.0 Å². The molecule has 5 nitrogen and oxygen atoms in total. The minimum atomic E-state index is -0.506. The van der Waals surface area contributed by atoms with Gasteiger partial charge in [0.25, 0.3) is 0 Å². The molecule has 0 atom stereocenters. The molecular formula is C19H22ClN3O2. The van der Waals surface area contributed by atoms with E-state index in [4.69, 9.17) is 16.0 Å². The first kappa shape index (κ1) is 17.4. The summed E-state index contributed by atoms with van der Waals surface area (Å²) < 4.78 is 5.10. The maximum Gasteiger partial charge on any atom is 0.417 e. The standard InChI is InChI=1S/C19H22ClN3O2/c1-5-23(6-2)13-7-8-14(11(3)9-13)21-15-10-16-18(17(20)12(15)4)25-19(24)22-16/h7-10,21H,5-6H2,1-4H3,(H,22,24). The summed E-state index contributed by atoms with van der Waals surface area (Å²) in [5.41, 5.74) is 6.00. The Hall–Kier alpha value is -2.40. The van der Waals surface area contributed by atoms with Crippen molar-refractivity contribution in [3.63, 3.8) is 0 Å². The van der Waals surface area contributed by atoms with Gasteiger partial charge in [-0.2, -0.15) is 0 Å². The lowest BCUT2D eigenvalue weighted by Gasteiger charge is -2.22. The van der Waals surface area contributed by atoms with Crippen LogP contribution in [-0.4, -0.2) is 18.1 Å². The molecule has 6 heteroatoms. The Bertz CT molecular complexity index is 971. The molecule has 2 aromatic carbocycles. The summed E-state index contributed by atoms with van der Waals surface area (Å²) in [6.45, 7) is 10.2. The van der Waals surface area contributed by atoms with Gasteiger partial charge in [0.2, 0.25) is 0 Å². The summed E-state index contributed by atoms with van der Waals surface area (Å²) in [5.74, 6) is -0.506. The van der Waals surface area contributed by atoms with Crippen LogP contribution in [0.25, 0.3) is 11.1 Å². The molecule has 25 heavy (non-hydrogen) atoms. The predicted molar refractivity (Wildman–Crippen MR) is 105 cm³/mol. The lowest BCUT2D eigenvalue weighted by molar-refractivity contribution is 0.555. The van der Waals surface area contributed by atoms with Crippen LogP contribution in [0, 0.1) is 13.8 Å². The predicted octanol–water partition coefficient (Wildman–Crippen LogP) is 4.98. The highest BCUT2D eigenvalue weighted by Crippen LogP contribution is 2.34. The lowest BCUT2D eigenvalue weighted by Crippen LogP contribution is -2.21. The van der Waals surface area contributed by atoms with Gasteiger partial charge < -0.3 is 14.6 Å². The number of nitrogens with zero attached hydrogens (tertiary/aromatic N) is 1. The maximum atomic E-state index is 11.4. The summed E-state index contributed by atoms with van der Waals surface area (Å²) in [7, 11) is 0. The molecule has 0 saturated heterocycles. The van der Waals surface area contributed by atoms with Gasteiger partial charge in [-0.25, -0.2) is 4.79 Å². The highest BCUT2D eigenvalue weighted by atomic mass is 35.5. The zero-order valence-electron chi connectivity index (χ0n) is 14.9. The van der Waals surface area contributed by atoms with Gasteiger partial charge in [0.15, 0.2) is 5.58 Å². The van der Waals surface area contributed by atoms with E-state index in [2.05, 4.69) is 54.2 Å². The van der Waals surface area contributed by atoms with Crippen molar-refractivity contribution in [2.24, 2.45) is 0 Å². The molecule has 3 aromatic rings. The van der Waals surface area contributed by atoms with Crippen LogP contribution >= 0.6 is 11.6 Å². The molecule has 0 fully saturated rings. The molecular weight excluding hydrogens is 338 g/mol. The second-order valence-electron chi connectivity index (χ2n) is 6.05. The molecule has 0 aliphatic carbocycles. The molecule has 0 spiro atoms. The quantitative estimate of drug-likeness (QED) is 0.674. The molecule has 0 bridgehead atoms. The minimum Gasteiger partial charge on any atom is -0.406 e. The minimum absolute atomic E-state index is 0.392. The van der Waals surface area contributed by atoms with Gasteiger partial charge in [0, 0.05) is 30.2 Å². The average molecular weight is 360 g/mol. The summed E-state index contributed by atoms with van der Waals surface area (Å²) in [5, 5.41) is 3.86. The van der Waals surface area contributed by atoms with Crippen LogP contribution in [0.1, 0.15) is 25.0 Å². The topological polar surface area (TPSA) is 61.3 Å². The van der Waals surface area contributed by atoms with Crippen molar-refractivity contribution < 1.29 is 4.42 Å². The Labute approximate surface area is 151 Å². The van der Waals surface area contributed by atoms with Crippen LogP contribution < -0.4 is 16.0 Å². The number of hydrogen-bond acceptors (Lipinski definition) is 4. The zero-order chi connectivity index (χ0) is 18.1. The molecule has 0 amide bonds. The normalized spacial score (nSPS) is 11.1. The fraction of sp³-hybridized carbons (Fsp3) is 0.316. The van der Waals surface area contributed by atoms with Gasteiger partial charge in [-0.05, 0) is 63.1 Å². The molecule has 1 heterocycles. The third-order valence-electron chi connectivity index (χ3n) is 4.51. The maximum absolute atomic E-state index is 11.4. The van der Waals surface area contributed by atoms with Crippen molar-refractivity contribution in [3.8, 4) is 0 Å². The molecule has 0 saturated carbocycles. The Morgan fingerprint density at radius 3 is 2.52 bits per heavy atom. The summed E-state index contributed by atoms with van der Waals surface area (Å²) in [4.78, 5) is 16.4. The Kier molecular flexibility index (Phi) is 4.77. The van der Waals surface area contributed by atoms with Gasteiger partial charge >= 0.3 is 5.76 Å². The van der Waals surface area contributed by atoms with Crippen molar-refractivity contribution in [1.82, 2.24) is 4.98 Å². The number of aryl methyl sites for hydroxylation is 1. The van der Waals surface area contributed by atoms with E-state index in [0.29, 0.717) is 16.1 Å². The lowest BCUT2D eigenvalue weighted by atomic mass is 10.1. The van der Waals surface area contributed by atoms with Crippen molar-refractivity contribution in [2.75, 3.05) is 23.3 Å². The molecule has 0 aliphatic heterocycles. The number of anilines is 3. The summed E-state index contributed by atoms with van der Waals surface area (Å²) in [6, 6.07) is 8.19. The first-order chi connectivity index (χ1) is 11.9. The smallest absolute Gasteiger partial charge is 0.406 e. The van der Waals surface area contributed by atoms with Crippen LogP contribution in [0.5, 0.6) is 0 Å². The SMILES string of the molecule is CCN(CC)c1ccc(Nc2cc3[nH]c(=O)oc3c(Cl)c2C)c(C)c1. The van der Waals surface area contributed by atoms with E-state index >= 15 is 0 Å². The average Bonchev–Trinajstić information content (AvgIpc) is 2.96. The number of fused-ring (bicyclic) bond motifs is 1. The second-order valence-corrected chi connectivity index (χ2v) is 6.43. The van der Waals surface area contributed by atoms with Crippen molar-refractivity contribution in [2.45, 2.75) is 27.7 Å². The number of benzene rings is 2. The third-order valence-corrected chi connectivity index (χ3v) is 4.96. The van der Waals surface area contributed by atoms with E-state index in [1.54, 1.807) is 0 Å². The molecule has 132 valence electrons. The van der Waals surface area contributed by atoms with E-state index in [-0.39, 0.29) is 0 Å². The molecule has 0 radical (unpaired) electrons. The number of rotatable bonds is 5. The second kappa shape index (κ2) is 6.84. The molecule has 2 N–H and O–H groups in total. The first-order valence-electron chi connectivity index (χ1n) is 8.39. The van der Waals surface area contributed by atoms with Crippen molar-refractivity contribution in [1.29, 1.82) is 0 Å². The van der Waals surface area contributed by atoms with E-state index in [0.717, 1.165) is 35.6 Å². The number of aromatic nitrogens is 1. The Morgan fingerprint density at radius 2 is 1.88 bits per heavy atom. The zero-order valence-corrected chi connectivity index (χ0v) is 15.6. The fourth-order valence-electron chi connectivity index (χ4n) is 2.99. The summed E-state index contributed by atoms with van der Waals surface area (Å²) >= 11 is 6.36. The largest absolute Gasteiger partial charge is 0.417 e. The van der Waals surface area contributed by atoms with Gasteiger partial charge in [-0.3, -0.25) is 4.98 Å². The van der Waals surface area contributed by atoms with Crippen LogP contribution in [0.15, 0.2) is 33.5 Å². The van der Waals surface area contributed by atoms with Crippen LogP contribution in [0.4, 0.5) is 17.1 Å². The van der Waals surface area contributed by atoms with E-state index in [9.17, 15) is 4.79 Å². The Balaban J connectivity index is 1.98. The molecule has 0 aliphatic rings. The number of oxazole rings is 1. The number of H-pyrrole nitrogens is 1. The summed E-state index contributed by atoms with van der Waals surface area (Å²) in [6.07, 6.45) is 0. The monoisotopic (exact) mass is 359 g/mol. The van der Waals surface area contributed by atoms with E-state index in [1.165, 1.54) is 5.69 Å². The van der Waals surface area contributed by atoms with Crippen LogP contribution in [0.2, 0.25) is 5.02 Å². The van der Waals surface area contributed by atoms with Gasteiger partial charge in [-0.1, -0.05) is 11.6 Å². The Morgan fingerprint density at radius 1 is 1.16 bits per heavy atom. The van der Waals surface area contributed by atoms with Crippen molar-refractivity contribution >= 4 is 39.8 Å². The highest BCUT2D eigenvalue weighted by Gasteiger charge is 2.14. The number of halogens is 1. The highest BCUT2D eigenvalue weighted by molar-refractivity contribution is 6.36. The van der Waals surface area contributed by atoms with Crippen molar-refractivity contribution in [3.05, 3.63) is 51.0 Å². The molecule has 3 rings (SSSR count). The number of nitrogens with one attached hydrogen (secondary N) is 2. The van der Waals surface area contributed by atoms with Gasteiger partial charge in [0.05, 0.1) is 10.5 Å². The van der Waals surface area contributed by atoms with Gasteiger partial charge in [-0.15, -0.1) is 0 Å². The van der Waals surface area contributed by atoms with Crippen LogP contribution in [0.3, 0.4) is 0 Å². The van der Waals surface area contributed by atoms with Gasteiger partial charge in [0.1, 0.15) is 0 Å². The number of aromatic amines is 1. The fourth-order valence-corrected chi connectivity index (χ4v) is 3.24. The third kappa shape index (κ3) is 3.24. The molecule has 0 unspecified atom stereocenters. The first-order valence-corrected chi connectivity index (χ1v) is 8.76. The van der Waals surface area contributed by atoms with E-state index < -0.39 is 5.76 Å². The molecule has 1 aromatic heterocycles. The number of hydrogen-bond donors (Lipinski definition) is 2. The van der Waals surface area contributed by atoms with Crippen LogP contribution in [-0.2, 0) is 0 Å².